The van der Waals surface area contributed by atoms with E-state index < -0.39 is 5.97 Å². The molecule has 1 saturated heterocycles. The predicted octanol–water partition coefficient (Wildman–Crippen LogP) is 2.79. The summed E-state index contributed by atoms with van der Waals surface area (Å²) >= 11 is 0. The topological polar surface area (TPSA) is 71.5 Å². The molecule has 0 unspecified atom stereocenters. The number of hydrogen-bond donors (Lipinski definition) is 2. The Kier molecular flexibility index (Phi) is 5.17. The molecule has 0 radical (unpaired) electrons. The maximum absolute atomic E-state index is 13.0. The molecular formula is C18H19FN2O3. The number of aromatic carboxylic acids is 1. The maximum atomic E-state index is 13.0. The summed E-state index contributed by atoms with van der Waals surface area (Å²) in [4.78, 5) is 14.9. The van der Waals surface area contributed by atoms with Gasteiger partial charge in [0.05, 0.1) is 17.4 Å². The van der Waals surface area contributed by atoms with Gasteiger partial charge in [-0.1, -0.05) is 12.1 Å². The minimum atomic E-state index is -0.979. The Balaban J connectivity index is 1.53. The highest BCUT2D eigenvalue weighted by atomic mass is 19.1. The van der Waals surface area contributed by atoms with Crippen LogP contribution in [0.5, 0.6) is 0 Å². The Morgan fingerprint density at radius 3 is 2.75 bits per heavy atom. The fraction of sp³-hybridized carbons (Fsp3) is 0.333. The Hall–Kier alpha value is -2.31. The number of aromatic nitrogens is 1. The first-order valence-corrected chi connectivity index (χ1v) is 7.89. The van der Waals surface area contributed by atoms with E-state index in [2.05, 4.69) is 10.3 Å². The summed E-state index contributed by atoms with van der Waals surface area (Å²) in [6, 6.07) is 9.70. The standard InChI is InChI=1S/C18H19FN2O3/c19-15-4-1-12(2-5-15)17-13(7-8-24-17)9-20-11-16-6-3-14(10-21-16)18(22)23/h1-6,10,13,17,20H,7-9,11H2,(H,22,23)/t13-,17-/m0/s1. The fourth-order valence-electron chi connectivity index (χ4n) is 2.90. The van der Waals surface area contributed by atoms with Crippen LogP contribution in [-0.2, 0) is 11.3 Å². The molecular weight excluding hydrogens is 311 g/mol. The molecule has 2 N–H and O–H groups in total. The maximum Gasteiger partial charge on any atom is 0.337 e. The second kappa shape index (κ2) is 7.51. The quantitative estimate of drug-likeness (QED) is 0.852. The van der Waals surface area contributed by atoms with E-state index in [0.29, 0.717) is 19.1 Å². The molecule has 126 valence electrons. The first-order valence-electron chi connectivity index (χ1n) is 7.89. The molecule has 0 saturated carbocycles. The summed E-state index contributed by atoms with van der Waals surface area (Å²) in [6.45, 7) is 2.01. The molecule has 3 rings (SSSR count). The smallest absolute Gasteiger partial charge is 0.337 e. The van der Waals surface area contributed by atoms with Gasteiger partial charge in [0, 0.05) is 31.8 Å². The summed E-state index contributed by atoms with van der Waals surface area (Å²) in [7, 11) is 0. The van der Waals surface area contributed by atoms with E-state index in [1.807, 2.05) is 0 Å². The van der Waals surface area contributed by atoms with Crippen molar-refractivity contribution in [3.63, 3.8) is 0 Å². The lowest BCUT2D eigenvalue weighted by atomic mass is 9.95. The molecule has 1 aromatic heterocycles. The van der Waals surface area contributed by atoms with Gasteiger partial charge in [0.25, 0.3) is 0 Å². The van der Waals surface area contributed by atoms with Crippen molar-refractivity contribution in [2.24, 2.45) is 5.92 Å². The lowest BCUT2D eigenvalue weighted by Gasteiger charge is -2.19. The zero-order valence-electron chi connectivity index (χ0n) is 13.1. The fourth-order valence-corrected chi connectivity index (χ4v) is 2.90. The number of carboxylic acids is 1. The lowest BCUT2D eigenvalue weighted by Crippen LogP contribution is -2.25. The molecule has 24 heavy (non-hydrogen) atoms. The van der Waals surface area contributed by atoms with E-state index in [0.717, 1.165) is 24.2 Å². The van der Waals surface area contributed by atoms with Gasteiger partial charge in [0.1, 0.15) is 5.82 Å². The van der Waals surface area contributed by atoms with Crippen LogP contribution in [0.3, 0.4) is 0 Å². The zero-order valence-corrected chi connectivity index (χ0v) is 13.1. The monoisotopic (exact) mass is 330 g/mol. The summed E-state index contributed by atoms with van der Waals surface area (Å²) < 4.78 is 18.8. The average Bonchev–Trinajstić information content (AvgIpc) is 3.04. The number of halogens is 1. The molecule has 6 heteroatoms. The normalized spacial score (nSPS) is 20.2. The van der Waals surface area contributed by atoms with E-state index in [9.17, 15) is 9.18 Å². The van der Waals surface area contributed by atoms with E-state index in [1.54, 1.807) is 24.3 Å². The number of carbonyl (C=O) groups is 1. The number of ether oxygens (including phenoxy) is 1. The van der Waals surface area contributed by atoms with Gasteiger partial charge in [-0.3, -0.25) is 4.98 Å². The largest absolute Gasteiger partial charge is 0.478 e. The molecule has 0 bridgehead atoms. The van der Waals surface area contributed by atoms with Crippen LogP contribution in [0, 0.1) is 11.7 Å². The van der Waals surface area contributed by atoms with Crippen LogP contribution in [-0.4, -0.2) is 29.2 Å². The highest BCUT2D eigenvalue weighted by molar-refractivity contribution is 5.87. The number of carboxylic acid groups (broad SMARTS) is 1. The molecule has 2 heterocycles. The second-order valence-electron chi connectivity index (χ2n) is 5.87. The highest BCUT2D eigenvalue weighted by Crippen LogP contribution is 2.34. The van der Waals surface area contributed by atoms with E-state index in [1.165, 1.54) is 18.3 Å². The number of nitrogens with one attached hydrogen (secondary N) is 1. The zero-order chi connectivity index (χ0) is 16.9. The average molecular weight is 330 g/mol. The summed E-state index contributed by atoms with van der Waals surface area (Å²) in [5.41, 5.74) is 1.96. The van der Waals surface area contributed by atoms with Crippen molar-refractivity contribution in [3.8, 4) is 0 Å². The van der Waals surface area contributed by atoms with Gasteiger partial charge in [-0.2, -0.15) is 0 Å². The third-order valence-corrected chi connectivity index (χ3v) is 4.20. The van der Waals surface area contributed by atoms with Gasteiger partial charge in [-0.05, 0) is 36.2 Å². The number of benzene rings is 1. The second-order valence-corrected chi connectivity index (χ2v) is 5.87. The summed E-state index contributed by atoms with van der Waals surface area (Å²) in [6.07, 6.45) is 2.28. The summed E-state index contributed by atoms with van der Waals surface area (Å²) in [5, 5.41) is 12.2. The van der Waals surface area contributed by atoms with Crippen molar-refractivity contribution in [1.82, 2.24) is 10.3 Å². The van der Waals surface area contributed by atoms with Crippen molar-refractivity contribution in [3.05, 3.63) is 65.2 Å². The minimum Gasteiger partial charge on any atom is -0.478 e. The number of rotatable bonds is 6. The van der Waals surface area contributed by atoms with Gasteiger partial charge in [0.2, 0.25) is 0 Å². The van der Waals surface area contributed by atoms with E-state index in [-0.39, 0.29) is 17.5 Å². The first-order chi connectivity index (χ1) is 11.6. The third-order valence-electron chi connectivity index (χ3n) is 4.20. The van der Waals surface area contributed by atoms with Crippen LogP contribution >= 0.6 is 0 Å². The molecule has 5 nitrogen and oxygen atoms in total. The van der Waals surface area contributed by atoms with Crippen LogP contribution in [0.2, 0.25) is 0 Å². The van der Waals surface area contributed by atoms with Crippen molar-refractivity contribution in [2.75, 3.05) is 13.2 Å². The highest BCUT2D eigenvalue weighted by Gasteiger charge is 2.29. The molecule has 0 amide bonds. The van der Waals surface area contributed by atoms with Crippen LogP contribution in [0.4, 0.5) is 4.39 Å². The Morgan fingerprint density at radius 2 is 2.08 bits per heavy atom. The van der Waals surface area contributed by atoms with Crippen molar-refractivity contribution >= 4 is 5.97 Å². The predicted molar refractivity (Wildman–Crippen MR) is 86.1 cm³/mol. The van der Waals surface area contributed by atoms with Gasteiger partial charge < -0.3 is 15.2 Å². The molecule has 1 fully saturated rings. The Labute approximate surface area is 139 Å². The van der Waals surface area contributed by atoms with Crippen LogP contribution in [0.25, 0.3) is 0 Å². The minimum absolute atomic E-state index is 0.0274. The Morgan fingerprint density at radius 1 is 1.29 bits per heavy atom. The molecule has 0 aliphatic carbocycles. The SMILES string of the molecule is O=C(O)c1ccc(CNC[C@@H]2CCO[C@H]2c2ccc(F)cc2)nc1. The third kappa shape index (κ3) is 3.96. The molecule has 1 aliphatic heterocycles. The number of hydrogen-bond acceptors (Lipinski definition) is 4. The van der Waals surface area contributed by atoms with Crippen LogP contribution in [0.1, 0.15) is 34.1 Å². The van der Waals surface area contributed by atoms with Gasteiger partial charge in [-0.25, -0.2) is 9.18 Å². The number of pyridine rings is 1. The molecule has 2 aromatic rings. The number of nitrogens with zero attached hydrogens (tertiary/aromatic N) is 1. The molecule has 2 atom stereocenters. The van der Waals surface area contributed by atoms with Crippen LogP contribution in [0.15, 0.2) is 42.6 Å². The van der Waals surface area contributed by atoms with E-state index in [4.69, 9.17) is 9.84 Å². The van der Waals surface area contributed by atoms with Crippen LogP contribution < -0.4 is 5.32 Å². The Bertz CT molecular complexity index is 688. The molecule has 1 aliphatic rings. The van der Waals surface area contributed by atoms with Gasteiger partial charge in [0.15, 0.2) is 0 Å². The van der Waals surface area contributed by atoms with Crippen molar-refractivity contribution < 1.29 is 19.0 Å². The van der Waals surface area contributed by atoms with Gasteiger partial charge >= 0.3 is 5.97 Å². The molecule has 0 spiro atoms. The lowest BCUT2D eigenvalue weighted by molar-refractivity contribution is 0.0696. The van der Waals surface area contributed by atoms with E-state index >= 15 is 0 Å². The van der Waals surface area contributed by atoms with Gasteiger partial charge in [-0.15, -0.1) is 0 Å². The van der Waals surface area contributed by atoms with Crippen molar-refractivity contribution in [1.29, 1.82) is 0 Å². The molecule has 1 aromatic carbocycles. The summed E-state index contributed by atoms with van der Waals surface area (Å²) in [5.74, 6) is -0.914. The first kappa shape index (κ1) is 16.5. The van der Waals surface area contributed by atoms with Crippen molar-refractivity contribution in [2.45, 2.75) is 19.1 Å².